The summed E-state index contributed by atoms with van der Waals surface area (Å²) in [6, 6.07) is 0. The van der Waals surface area contributed by atoms with Crippen LogP contribution in [-0.2, 0) is 9.59 Å². The van der Waals surface area contributed by atoms with Gasteiger partial charge in [-0.3, -0.25) is 19.5 Å². The Morgan fingerprint density at radius 2 is 1.86 bits per heavy atom. The number of rotatable bonds is 6. The summed E-state index contributed by atoms with van der Waals surface area (Å²) >= 11 is 0. The average molecular weight is 322 g/mol. The molecule has 0 radical (unpaired) electrons. The minimum Gasteiger partial charge on any atom is -0.357 e. The molecule has 6 nitrogen and oxygen atoms in total. The fourth-order valence-electron chi connectivity index (χ4n) is 1.97. The Morgan fingerprint density at radius 3 is 2.41 bits per heavy atom. The smallest absolute Gasteiger partial charge is 0.357 e. The lowest BCUT2D eigenvalue weighted by Crippen LogP contribution is -2.46. The molecule has 0 unspecified atom stereocenters. The third-order valence-corrected chi connectivity index (χ3v) is 3.02. The van der Waals surface area contributed by atoms with Gasteiger partial charge in [0.15, 0.2) is 5.96 Å². The molecule has 1 heterocycles. The largest absolute Gasteiger partial charge is 0.390 e. The number of hydrogen-bond acceptors (Lipinski definition) is 3. The average Bonchev–Trinajstić information content (AvgIpc) is 2.40. The molecule has 22 heavy (non-hydrogen) atoms. The van der Waals surface area contributed by atoms with Crippen molar-refractivity contribution in [2.75, 3.05) is 26.2 Å². The number of guanidine groups is 1. The molecule has 0 aliphatic carbocycles. The molecule has 0 spiro atoms. The summed E-state index contributed by atoms with van der Waals surface area (Å²) in [6.45, 7) is 2.34. The van der Waals surface area contributed by atoms with Gasteiger partial charge in [-0.2, -0.15) is 13.2 Å². The highest BCUT2D eigenvalue weighted by Gasteiger charge is 2.26. The van der Waals surface area contributed by atoms with Crippen molar-refractivity contribution in [3.63, 3.8) is 0 Å². The minimum absolute atomic E-state index is 0.182. The zero-order chi connectivity index (χ0) is 16.6. The van der Waals surface area contributed by atoms with E-state index in [-0.39, 0.29) is 37.4 Å². The van der Waals surface area contributed by atoms with Gasteiger partial charge in [-0.05, 0) is 13.3 Å². The molecule has 0 bridgehead atoms. The van der Waals surface area contributed by atoms with Crippen LogP contribution < -0.4 is 10.6 Å². The second-order valence-electron chi connectivity index (χ2n) is 4.85. The predicted molar refractivity (Wildman–Crippen MR) is 75.2 cm³/mol. The van der Waals surface area contributed by atoms with Gasteiger partial charge in [-0.25, -0.2) is 0 Å². The second kappa shape index (κ2) is 8.60. The van der Waals surface area contributed by atoms with Gasteiger partial charge in [-0.1, -0.05) is 0 Å². The summed E-state index contributed by atoms with van der Waals surface area (Å²) in [6.07, 6.45) is -3.96. The number of nitrogens with one attached hydrogen (secondary N) is 2. The number of likely N-dealkylation sites (tertiary alicyclic amines) is 1. The van der Waals surface area contributed by atoms with Crippen LogP contribution in [0.5, 0.6) is 0 Å². The number of piperidine rings is 1. The number of alkyl halides is 3. The summed E-state index contributed by atoms with van der Waals surface area (Å²) in [5.41, 5.74) is 0. The highest BCUT2D eigenvalue weighted by Crippen LogP contribution is 2.18. The van der Waals surface area contributed by atoms with Gasteiger partial charge in [0.1, 0.15) is 0 Å². The van der Waals surface area contributed by atoms with Crippen LogP contribution in [0.1, 0.15) is 32.6 Å². The van der Waals surface area contributed by atoms with Gasteiger partial charge in [0, 0.05) is 32.5 Å². The molecule has 0 saturated carbocycles. The van der Waals surface area contributed by atoms with E-state index in [0.29, 0.717) is 25.8 Å². The quantitative estimate of drug-likeness (QED) is 0.435. The zero-order valence-electron chi connectivity index (χ0n) is 12.5. The summed E-state index contributed by atoms with van der Waals surface area (Å²) < 4.78 is 36.2. The van der Waals surface area contributed by atoms with Gasteiger partial charge in [-0.15, -0.1) is 0 Å². The van der Waals surface area contributed by atoms with Crippen molar-refractivity contribution in [1.29, 1.82) is 0 Å². The van der Waals surface area contributed by atoms with E-state index >= 15 is 0 Å². The first-order chi connectivity index (χ1) is 10.3. The standard InChI is InChI=1S/C13H21F3N4O2/c1-2-17-12(18-7-6-13(14,15)16)19-8-9-20-10(21)4-3-5-11(20)22/h2-9H2,1H3,(H2,17,18,19). The topological polar surface area (TPSA) is 73.8 Å². The Labute approximate surface area is 127 Å². The molecule has 0 aromatic rings. The van der Waals surface area contributed by atoms with Crippen molar-refractivity contribution in [1.82, 2.24) is 15.5 Å². The van der Waals surface area contributed by atoms with Gasteiger partial charge < -0.3 is 10.6 Å². The minimum atomic E-state index is -4.24. The fourth-order valence-corrected chi connectivity index (χ4v) is 1.97. The molecule has 1 fully saturated rings. The van der Waals surface area contributed by atoms with Crippen LogP contribution in [0.2, 0.25) is 0 Å². The van der Waals surface area contributed by atoms with Crippen molar-refractivity contribution in [2.24, 2.45) is 4.99 Å². The maximum atomic E-state index is 12.1. The van der Waals surface area contributed by atoms with Crippen LogP contribution in [0.3, 0.4) is 0 Å². The molecule has 2 N–H and O–H groups in total. The Hall–Kier alpha value is -1.80. The van der Waals surface area contributed by atoms with Gasteiger partial charge in [0.25, 0.3) is 0 Å². The number of imide groups is 1. The normalized spacial score (nSPS) is 16.9. The van der Waals surface area contributed by atoms with Crippen molar-refractivity contribution < 1.29 is 22.8 Å². The first kappa shape index (κ1) is 18.2. The van der Waals surface area contributed by atoms with Crippen LogP contribution in [-0.4, -0.2) is 55.0 Å². The van der Waals surface area contributed by atoms with E-state index in [4.69, 9.17) is 0 Å². The number of carbonyl (C=O) groups excluding carboxylic acids is 2. The van der Waals surface area contributed by atoms with Gasteiger partial charge in [0.2, 0.25) is 11.8 Å². The molecule has 0 atom stereocenters. The molecule has 126 valence electrons. The molecule has 0 aromatic heterocycles. The van der Waals surface area contributed by atoms with Crippen LogP contribution >= 0.6 is 0 Å². The van der Waals surface area contributed by atoms with Crippen LogP contribution in [0.15, 0.2) is 4.99 Å². The van der Waals surface area contributed by atoms with E-state index in [0.717, 1.165) is 0 Å². The molecule has 9 heteroatoms. The number of nitrogens with zero attached hydrogens (tertiary/aromatic N) is 2. The predicted octanol–water partition coefficient (Wildman–Crippen LogP) is 1.03. The number of amides is 2. The van der Waals surface area contributed by atoms with Gasteiger partial charge in [0.05, 0.1) is 13.0 Å². The third-order valence-electron chi connectivity index (χ3n) is 3.02. The first-order valence-corrected chi connectivity index (χ1v) is 7.25. The van der Waals surface area contributed by atoms with E-state index in [1.54, 1.807) is 6.92 Å². The molecular weight excluding hydrogens is 301 g/mol. The van der Waals surface area contributed by atoms with Crippen molar-refractivity contribution in [3.8, 4) is 0 Å². The van der Waals surface area contributed by atoms with E-state index in [2.05, 4.69) is 15.6 Å². The lowest BCUT2D eigenvalue weighted by molar-refractivity contribution is -0.147. The molecule has 1 aliphatic rings. The summed E-state index contributed by atoms with van der Waals surface area (Å²) in [5, 5.41) is 5.63. The molecule has 0 aromatic carbocycles. The van der Waals surface area contributed by atoms with Crippen LogP contribution in [0, 0.1) is 0 Å². The van der Waals surface area contributed by atoms with Crippen LogP contribution in [0.4, 0.5) is 13.2 Å². The lowest BCUT2D eigenvalue weighted by Gasteiger charge is -2.25. The molecule has 1 rings (SSSR count). The van der Waals surface area contributed by atoms with Crippen LogP contribution in [0.25, 0.3) is 0 Å². The Kier molecular flexibility index (Phi) is 7.13. The highest BCUT2D eigenvalue weighted by atomic mass is 19.4. The third kappa shape index (κ3) is 6.77. The maximum Gasteiger partial charge on any atom is 0.390 e. The monoisotopic (exact) mass is 322 g/mol. The Morgan fingerprint density at radius 1 is 1.23 bits per heavy atom. The number of halogens is 3. The Balaban J connectivity index is 2.41. The van der Waals surface area contributed by atoms with E-state index in [1.807, 2.05) is 0 Å². The summed E-state index contributed by atoms with van der Waals surface area (Å²) in [4.78, 5) is 28.2. The summed E-state index contributed by atoms with van der Waals surface area (Å²) in [7, 11) is 0. The summed E-state index contributed by atoms with van der Waals surface area (Å²) in [5.74, 6) is -0.183. The zero-order valence-corrected chi connectivity index (χ0v) is 12.5. The maximum absolute atomic E-state index is 12.1. The van der Waals surface area contributed by atoms with Crippen molar-refractivity contribution >= 4 is 17.8 Å². The Bertz CT molecular complexity index is 408. The van der Waals surface area contributed by atoms with E-state index in [1.165, 1.54) is 4.90 Å². The van der Waals surface area contributed by atoms with E-state index in [9.17, 15) is 22.8 Å². The van der Waals surface area contributed by atoms with Gasteiger partial charge >= 0.3 is 6.18 Å². The van der Waals surface area contributed by atoms with Crippen molar-refractivity contribution in [2.45, 2.75) is 38.8 Å². The number of hydrogen-bond donors (Lipinski definition) is 2. The first-order valence-electron chi connectivity index (χ1n) is 7.25. The highest BCUT2D eigenvalue weighted by molar-refractivity contribution is 5.97. The molecule has 2 amide bonds. The molecule has 1 saturated heterocycles. The fraction of sp³-hybridized carbons (Fsp3) is 0.769. The second-order valence-corrected chi connectivity index (χ2v) is 4.85. The number of aliphatic imine (C=N–C) groups is 1. The van der Waals surface area contributed by atoms with E-state index < -0.39 is 12.6 Å². The molecular formula is C13H21F3N4O2. The SMILES string of the molecule is CCNC(=NCCC(F)(F)F)NCCN1C(=O)CCCC1=O. The lowest BCUT2D eigenvalue weighted by atomic mass is 10.1. The number of carbonyl (C=O) groups is 2. The van der Waals surface area contributed by atoms with Crippen molar-refractivity contribution in [3.05, 3.63) is 0 Å². The molecule has 1 aliphatic heterocycles.